The van der Waals surface area contributed by atoms with Gasteiger partial charge < -0.3 is 9.42 Å². The zero-order valence-electron chi connectivity index (χ0n) is 18.1. The summed E-state index contributed by atoms with van der Waals surface area (Å²) in [7, 11) is 0. The van der Waals surface area contributed by atoms with Crippen molar-refractivity contribution in [1.82, 2.24) is 15.4 Å². The summed E-state index contributed by atoms with van der Waals surface area (Å²) < 4.78 is 5.46. The third-order valence-electron chi connectivity index (χ3n) is 7.19. The molecule has 1 aliphatic carbocycles. The van der Waals surface area contributed by atoms with Gasteiger partial charge in [-0.15, -0.1) is 0 Å². The molecule has 1 aromatic heterocycles. The second-order valence-corrected chi connectivity index (χ2v) is 9.57. The molecule has 166 valence electrons. The van der Waals surface area contributed by atoms with Crippen LogP contribution in [-0.4, -0.2) is 48.2 Å². The lowest BCUT2D eigenvalue weighted by Gasteiger charge is -2.36. The van der Waals surface area contributed by atoms with Crippen LogP contribution in [0, 0.1) is 11.8 Å². The van der Waals surface area contributed by atoms with Crippen molar-refractivity contribution in [2.45, 2.75) is 57.8 Å². The lowest BCUT2D eigenvalue weighted by molar-refractivity contribution is -0.120. The molecule has 7 nitrogen and oxygen atoms in total. The van der Waals surface area contributed by atoms with E-state index in [4.69, 9.17) is 4.52 Å². The van der Waals surface area contributed by atoms with E-state index < -0.39 is 6.03 Å². The highest BCUT2D eigenvalue weighted by Gasteiger charge is 2.29. The van der Waals surface area contributed by atoms with Crippen molar-refractivity contribution >= 4 is 28.7 Å². The highest BCUT2D eigenvalue weighted by atomic mass is 16.5. The number of nitrogens with one attached hydrogen (secondary N) is 1. The SMILES string of the molecule is O=C1CCN(c2noc3ccc(CC4CCCN(CC5CCCCC5)C4)cc23)C(=O)N1. The van der Waals surface area contributed by atoms with E-state index in [0.29, 0.717) is 23.9 Å². The molecule has 3 fully saturated rings. The van der Waals surface area contributed by atoms with Crippen molar-refractivity contribution in [3.8, 4) is 0 Å². The van der Waals surface area contributed by atoms with Crippen LogP contribution in [-0.2, 0) is 11.2 Å². The molecule has 1 atom stereocenters. The molecule has 0 bridgehead atoms. The van der Waals surface area contributed by atoms with Gasteiger partial charge in [-0.3, -0.25) is 15.0 Å². The first kappa shape index (κ1) is 20.5. The molecule has 1 aromatic carbocycles. The molecular formula is C24H32N4O3. The van der Waals surface area contributed by atoms with Crippen LogP contribution in [0.3, 0.4) is 0 Å². The number of hydrogen-bond acceptors (Lipinski definition) is 5. The molecule has 7 heteroatoms. The third kappa shape index (κ3) is 4.61. The van der Waals surface area contributed by atoms with Gasteiger partial charge in [-0.1, -0.05) is 30.5 Å². The summed E-state index contributed by atoms with van der Waals surface area (Å²) in [6, 6.07) is 5.77. The second-order valence-electron chi connectivity index (χ2n) is 9.57. The highest BCUT2D eigenvalue weighted by molar-refractivity contribution is 6.08. The van der Waals surface area contributed by atoms with Gasteiger partial charge in [-0.05, 0) is 68.2 Å². The van der Waals surface area contributed by atoms with Crippen LogP contribution in [0.1, 0.15) is 56.9 Å². The summed E-state index contributed by atoms with van der Waals surface area (Å²) >= 11 is 0. The Morgan fingerprint density at radius 2 is 1.87 bits per heavy atom. The number of carbonyl (C=O) groups is 2. The average molecular weight is 425 g/mol. The maximum absolute atomic E-state index is 12.3. The van der Waals surface area contributed by atoms with Crippen LogP contribution < -0.4 is 10.2 Å². The molecule has 31 heavy (non-hydrogen) atoms. The lowest BCUT2D eigenvalue weighted by Crippen LogP contribution is -2.49. The molecule has 3 heterocycles. The minimum atomic E-state index is -0.428. The monoisotopic (exact) mass is 424 g/mol. The van der Waals surface area contributed by atoms with E-state index in [-0.39, 0.29) is 12.3 Å². The van der Waals surface area contributed by atoms with E-state index in [2.05, 4.69) is 27.5 Å². The number of amides is 3. The molecule has 3 aliphatic rings. The first-order valence-corrected chi connectivity index (χ1v) is 11.9. The summed E-state index contributed by atoms with van der Waals surface area (Å²) in [4.78, 5) is 27.9. The first-order valence-electron chi connectivity index (χ1n) is 11.9. The van der Waals surface area contributed by atoms with E-state index in [0.717, 1.165) is 17.7 Å². The number of piperidine rings is 1. The van der Waals surface area contributed by atoms with Crippen LogP contribution in [0.5, 0.6) is 0 Å². The number of hydrogen-bond donors (Lipinski definition) is 1. The second kappa shape index (κ2) is 8.99. The summed E-state index contributed by atoms with van der Waals surface area (Å²) in [6.07, 6.45) is 10.9. The van der Waals surface area contributed by atoms with Gasteiger partial charge in [-0.25, -0.2) is 4.79 Å². The van der Waals surface area contributed by atoms with Crippen molar-refractivity contribution in [3.05, 3.63) is 23.8 Å². The summed E-state index contributed by atoms with van der Waals surface area (Å²) in [5.74, 6) is 1.81. The fraction of sp³-hybridized carbons (Fsp3) is 0.625. The quantitative estimate of drug-likeness (QED) is 0.781. The Labute approximate surface area is 183 Å². The van der Waals surface area contributed by atoms with Crippen molar-refractivity contribution < 1.29 is 14.1 Å². The van der Waals surface area contributed by atoms with Gasteiger partial charge in [0.25, 0.3) is 0 Å². The largest absolute Gasteiger partial charge is 0.354 e. The molecule has 5 rings (SSSR count). The zero-order chi connectivity index (χ0) is 21.2. The number of urea groups is 1. The standard InChI is InChI=1S/C24H32N4O3/c29-22-10-12-28(24(30)25-22)23-20-14-18(8-9-21(20)31-26-23)13-19-7-4-11-27(16-19)15-17-5-2-1-3-6-17/h8-9,14,17,19H,1-7,10-13,15-16H2,(H,25,29,30). The highest BCUT2D eigenvalue weighted by Crippen LogP contribution is 2.31. The Kier molecular flexibility index (Phi) is 5.94. The van der Waals surface area contributed by atoms with Crippen molar-refractivity contribution in [2.24, 2.45) is 11.8 Å². The van der Waals surface area contributed by atoms with E-state index in [9.17, 15) is 9.59 Å². The van der Waals surface area contributed by atoms with Gasteiger partial charge in [-0.2, -0.15) is 0 Å². The molecule has 1 unspecified atom stereocenters. The number of nitrogens with zero attached hydrogens (tertiary/aromatic N) is 3. The van der Waals surface area contributed by atoms with E-state index >= 15 is 0 Å². The molecule has 3 amide bonds. The number of carbonyl (C=O) groups excluding carboxylic acids is 2. The molecule has 0 spiro atoms. The molecule has 2 saturated heterocycles. The van der Waals surface area contributed by atoms with Crippen LogP contribution in [0.2, 0.25) is 0 Å². The predicted molar refractivity (Wildman–Crippen MR) is 119 cm³/mol. The molecule has 1 N–H and O–H groups in total. The Morgan fingerprint density at radius 3 is 2.71 bits per heavy atom. The maximum atomic E-state index is 12.3. The molecule has 0 radical (unpaired) electrons. The Balaban J connectivity index is 1.27. The van der Waals surface area contributed by atoms with Crippen molar-refractivity contribution in [1.29, 1.82) is 0 Å². The fourth-order valence-corrected chi connectivity index (χ4v) is 5.61. The minimum Gasteiger partial charge on any atom is -0.354 e. The van der Waals surface area contributed by atoms with Crippen molar-refractivity contribution in [2.75, 3.05) is 31.1 Å². The van der Waals surface area contributed by atoms with Crippen LogP contribution in [0.15, 0.2) is 22.7 Å². The number of benzene rings is 1. The lowest BCUT2D eigenvalue weighted by atomic mass is 9.87. The summed E-state index contributed by atoms with van der Waals surface area (Å²) in [6.45, 7) is 4.02. The Morgan fingerprint density at radius 1 is 1.03 bits per heavy atom. The Bertz CT molecular complexity index is 949. The average Bonchev–Trinajstić information content (AvgIpc) is 3.18. The van der Waals surface area contributed by atoms with Gasteiger partial charge in [0.15, 0.2) is 11.4 Å². The van der Waals surface area contributed by atoms with Gasteiger partial charge in [0.05, 0.1) is 5.39 Å². The third-order valence-corrected chi connectivity index (χ3v) is 7.19. The number of fused-ring (bicyclic) bond motifs is 1. The number of aromatic nitrogens is 1. The number of likely N-dealkylation sites (tertiary alicyclic amines) is 1. The van der Waals surface area contributed by atoms with Crippen molar-refractivity contribution in [3.63, 3.8) is 0 Å². The van der Waals surface area contributed by atoms with Gasteiger partial charge in [0, 0.05) is 26.1 Å². The van der Waals surface area contributed by atoms with Crippen LogP contribution in [0.25, 0.3) is 11.0 Å². The topological polar surface area (TPSA) is 78.7 Å². The minimum absolute atomic E-state index is 0.246. The van der Waals surface area contributed by atoms with Gasteiger partial charge >= 0.3 is 6.03 Å². The maximum Gasteiger partial charge on any atom is 0.329 e. The van der Waals surface area contributed by atoms with Crippen LogP contribution in [0.4, 0.5) is 10.6 Å². The normalized spacial score (nSPS) is 24.0. The smallest absolute Gasteiger partial charge is 0.329 e. The molecule has 1 saturated carbocycles. The summed E-state index contributed by atoms with van der Waals surface area (Å²) in [5, 5.41) is 7.34. The zero-order valence-corrected chi connectivity index (χ0v) is 18.1. The van der Waals surface area contributed by atoms with E-state index in [1.165, 1.54) is 75.0 Å². The Hall–Kier alpha value is -2.41. The number of imide groups is 1. The molecular weight excluding hydrogens is 392 g/mol. The number of anilines is 1. The fourth-order valence-electron chi connectivity index (χ4n) is 5.61. The molecule has 2 aromatic rings. The van der Waals surface area contributed by atoms with E-state index in [1.807, 2.05) is 6.07 Å². The first-order chi connectivity index (χ1) is 15.2. The molecule has 2 aliphatic heterocycles. The number of rotatable bonds is 5. The predicted octanol–water partition coefficient (Wildman–Crippen LogP) is 4.11. The summed E-state index contributed by atoms with van der Waals surface area (Å²) in [5.41, 5.74) is 1.93. The van der Waals surface area contributed by atoms with E-state index in [1.54, 1.807) is 0 Å². The van der Waals surface area contributed by atoms with Gasteiger partial charge in [0.1, 0.15) is 0 Å². The van der Waals surface area contributed by atoms with Crippen LogP contribution >= 0.6 is 0 Å². The van der Waals surface area contributed by atoms with Gasteiger partial charge in [0.2, 0.25) is 5.91 Å².